The van der Waals surface area contributed by atoms with Gasteiger partial charge in [0, 0.05) is 0 Å². The van der Waals surface area contributed by atoms with E-state index in [-0.39, 0.29) is 0 Å². The van der Waals surface area contributed by atoms with E-state index in [0.717, 1.165) is 12.8 Å². The van der Waals surface area contributed by atoms with Crippen molar-refractivity contribution in [2.24, 2.45) is 4.58 Å². The van der Waals surface area contributed by atoms with E-state index in [1.807, 2.05) is 0 Å². The number of hydrogen-bond donors (Lipinski definition) is 0. The van der Waals surface area contributed by atoms with Gasteiger partial charge in [-0.3, -0.25) is 0 Å². The smallest absolute Gasteiger partial charge is 0.201 e. The SMILES string of the molecule is O=NS(=O)(=O)C1CCCCC1Cl. The Hall–Kier alpha value is -0.160. The zero-order chi connectivity index (χ0) is 9.19. The van der Waals surface area contributed by atoms with Crippen LogP contribution in [0.3, 0.4) is 0 Å². The highest BCUT2D eigenvalue weighted by molar-refractivity contribution is 7.90. The fourth-order valence-electron chi connectivity index (χ4n) is 1.44. The van der Waals surface area contributed by atoms with Crippen LogP contribution in [0.25, 0.3) is 0 Å². The van der Waals surface area contributed by atoms with Gasteiger partial charge in [-0.15, -0.1) is 16.5 Å². The molecule has 0 aromatic heterocycles. The molecular weight excluding hydrogens is 202 g/mol. The molecule has 0 amide bonds. The summed E-state index contributed by atoms with van der Waals surface area (Å²) >= 11 is 5.77. The predicted octanol–water partition coefficient (Wildman–Crippen LogP) is 1.63. The summed E-state index contributed by atoms with van der Waals surface area (Å²) in [6, 6.07) is 0. The third-order valence-electron chi connectivity index (χ3n) is 2.11. The van der Waals surface area contributed by atoms with Gasteiger partial charge < -0.3 is 0 Å². The van der Waals surface area contributed by atoms with Crippen LogP contribution in [0.1, 0.15) is 25.7 Å². The van der Waals surface area contributed by atoms with Crippen LogP contribution in [-0.4, -0.2) is 19.0 Å². The first kappa shape index (κ1) is 9.92. The van der Waals surface area contributed by atoms with Gasteiger partial charge in [-0.2, -0.15) is 0 Å². The molecule has 70 valence electrons. The highest BCUT2D eigenvalue weighted by atomic mass is 35.5. The van der Waals surface area contributed by atoms with Crippen LogP contribution in [0.5, 0.6) is 0 Å². The van der Waals surface area contributed by atoms with E-state index in [4.69, 9.17) is 11.6 Å². The quantitative estimate of drug-likeness (QED) is 0.515. The second kappa shape index (κ2) is 3.70. The lowest BCUT2D eigenvalue weighted by Crippen LogP contribution is -2.32. The standard InChI is InChI=1S/C6H10ClNO3S/c7-5-3-1-2-4-6(5)12(10,11)8-9/h5-6H,1-4H2. The molecule has 0 N–H and O–H groups in total. The second-order valence-electron chi connectivity index (χ2n) is 2.93. The van der Waals surface area contributed by atoms with Gasteiger partial charge in [-0.1, -0.05) is 12.8 Å². The third-order valence-corrected chi connectivity index (χ3v) is 4.32. The summed E-state index contributed by atoms with van der Waals surface area (Å²) in [7, 11) is -3.83. The van der Waals surface area contributed by atoms with E-state index < -0.39 is 20.7 Å². The highest BCUT2D eigenvalue weighted by Crippen LogP contribution is 2.28. The van der Waals surface area contributed by atoms with Gasteiger partial charge in [0.25, 0.3) is 10.0 Å². The van der Waals surface area contributed by atoms with Crippen molar-refractivity contribution in [3.05, 3.63) is 4.91 Å². The van der Waals surface area contributed by atoms with Gasteiger partial charge in [0.05, 0.1) is 9.96 Å². The molecule has 0 aromatic rings. The van der Waals surface area contributed by atoms with E-state index in [1.165, 1.54) is 0 Å². The Balaban J connectivity index is 2.79. The van der Waals surface area contributed by atoms with E-state index in [1.54, 1.807) is 0 Å². The molecule has 0 spiro atoms. The van der Waals surface area contributed by atoms with Crippen molar-refractivity contribution in [1.82, 2.24) is 0 Å². The van der Waals surface area contributed by atoms with Crippen LogP contribution in [-0.2, 0) is 10.0 Å². The minimum absolute atomic E-state index is 0.443. The summed E-state index contributed by atoms with van der Waals surface area (Å²) in [5, 5.41) is -1.20. The van der Waals surface area contributed by atoms with Crippen molar-refractivity contribution >= 4 is 21.6 Å². The summed E-state index contributed by atoms with van der Waals surface area (Å²) in [6.45, 7) is 0. The Labute approximate surface area is 76.3 Å². The van der Waals surface area contributed by atoms with Crippen molar-refractivity contribution in [2.75, 3.05) is 0 Å². The fraction of sp³-hybridized carbons (Fsp3) is 1.00. The van der Waals surface area contributed by atoms with Crippen LogP contribution in [0.2, 0.25) is 0 Å². The largest absolute Gasteiger partial charge is 0.292 e. The van der Waals surface area contributed by atoms with Gasteiger partial charge in [0.1, 0.15) is 5.25 Å². The maximum absolute atomic E-state index is 11.0. The van der Waals surface area contributed by atoms with Gasteiger partial charge in [0.2, 0.25) is 0 Å². The average molecular weight is 212 g/mol. The van der Waals surface area contributed by atoms with Gasteiger partial charge in [-0.05, 0) is 12.8 Å². The van der Waals surface area contributed by atoms with E-state index in [2.05, 4.69) is 4.58 Å². The summed E-state index contributed by atoms with van der Waals surface area (Å²) in [4.78, 5) is 9.97. The average Bonchev–Trinajstić information content (AvgIpc) is 2.05. The number of nitrogens with zero attached hydrogens (tertiary/aromatic N) is 1. The molecule has 2 atom stereocenters. The topological polar surface area (TPSA) is 63.6 Å². The van der Waals surface area contributed by atoms with Crippen molar-refractivity contribution in [3.8, 4) is 0 Å². The monoisotopic (exact) mass is 211 g/mol. The Bertz CT molecular complexity index is 264. The van der Waals surface area contributed by atoms with Gasteiger partial charge >= 0.3 is 0 Å². The number of alkyl halides is 1. The number of hydrogen-bond acceptors (Lipinski definition) is 3. The Morgan fingerprint density at radius 1 is 1.25 bits per heavy atom. The second-order valence-corrected chi connectivity index (χ2v) is 5.27. The van der Waals surface area contributed by atoms with Gasteiger partial charge in [0.15, 0.2) is 0 Å². The maximum Gasteiger partial charge on any atom is 0.292 e. The molecule has 1 aliphatic rings. The molecule has 2 unspecified atom stereocenters. The Morgan fingerprint density at radius 3 is 2.33 bits per heavy atom. The van der Waals surface area contributed by atoms with Crippen LogP contribution < -0.4 is 0 Å². The van der Waals surface area contributed by atoms with Gasteiger partial charge in [-0.25, -0.2) is 8.42 Å². The molecule has 6 heteroatoms. The zero-order valence-electron chi connectivity index (χ0n) is 6.44. The molecule has 1 aliphatic carbocycles. The van der Waals surface area contributed by atoms with Crippen LogP contribution in [0, 0.1) is 4.91 Å². The molecular formula is C6H10ClNO3S. The van der Waals surface area contributed by atoms with E-state index in [0.29, 0.717) is 12.8 Å². The first-order valence-corrected chi connectivity index (χ1v) is 5.74. The molecule has 0 aliphatic heterocycles. The van der Waals surface area contributed by atoms with Crippen molar-refractivity contribution in [1.29, 1.82) is 0 Å². The van der Waals surface area contributed by atoms with Crippen LogP contribution >= 0.6 is 11.6 Å². The molecule has 4 nitrogen and oxygen atoms in total. The lowest BCUT2D eigenvalue weighted by molar-refractivity contribution is 0.490. The summed E-state index contributed by atoms with van der Waals surface area (Å²) in [6.07, 6.45) is 2.85. The van der Waals surface area contributed by atoms with Crippen molar-refractivity contribution in [3.63, 3.8) is 0 Å². The Kier molecular flexibility index (Phi) is 3.06. The number of rotatable bonds is 2. The Morgan fingerprint density at radius 2 is 1.83 bits per heavy atom. The third kappa shape index (κ3) is 1.95. The molecule has 0 heterocycles. The lowest BCUT2D eigenvalue weighted by Gasteiger charge is -2.23. The van der Waals surface area contributed by atoms with Crippen molar-refractivity contribution in [2.45, 2.75) is 36.3 Å². The normalized spacial score (nSPS) is 31.4. The van der Waals surface area contributed by atoms with Crippen molar-refractivity contribution < 1.29 is 8.42 Å². The molecule has 12 heavy (non-hydrogen) atoms. The molecule has 0 bridgehead atoms. The van der Waals surface area contributed by atoms with E-state index >= 15 is 0 Å². The summed E-state index contributed by atoms with van der Waals surface area (Å²) < 4.78 is 24.1. The molecule has 1 rings (SSSR count). The molecule has 0 radical (unpaired) electrons. The fourth-order valence-corrected chi connectivity index (χ4v) is 3.20. The molecule has 1 fully saturated rings. The number of nitroso groups, excluding NO2 is 1. The number of sulfonamides is 1. The van der Waals surface area contributed by atoms with Crippen LogP contribution in [0.15, 0.2) is 4.58 Å². The zero-order valence-corrected chi connectivity index (χ0v) is 8.01. The lowest BCUT2D eigenvalue weighted by atomic mass is 10.00. The molecule has 1 saturated carbocycles. The maximum atomic E-state index is 11.0. The summed E-state index contributed by atoms with van der Waals surface area (Å²) in [5.41, 5.74) is 0. The summed E-state index contributed by atoms with van der Waals surface area (Å²) in [5.74, 6) is 0. The minimum atomic E-state index is -3.83. The first-order chi connectivity index (χ1) is 5.58. The van der Waals surface area contributed by atoms with E-state index in [9.17, 15) is 13.3 Å². The minimum Gasteiger partial charge on any atom is -0.201 e. The predicted molar refractivity (Wildman–Crippen MR) is 46.6 cm³/mol. The highest BCUT2D eigenvalue weighted by Gasteiger charge is 2.35. The van der Waals surface area contributed by atoms with Crippen LogP contribution in [0.4, 0.5) is 0 Å². The molecule has 0 aromatic carbocycles. The molecule has 0 saturated heterocycles. The first-order valence-electron chi connectivity index (χ1n) is 3.80. The number of halogens is 1.